The fourth-order valence-electron chi connectivity index (χ4n) is 1.82. The van der Waals surface area contributed by atoms with Crippen LogP contribution in [0.3, 0.4) is 0 Å². The molecule has 21 heavy (non-hydrogen) atoms. The van der Waals surface area contributed by atoms with Crippen molar-refractivity contribution >= 4 is 35.2 Å². The number of rotatable bonds is 6. The van der Waals surface area contributed by atoms with Crippen LogP contribution in [-0.4, -0.2) is 28.5 Å². The van der Waals surface area contributed by atoms with Crippen molar-refractivity contribution in [2.75, 3.05) is 0 Å². The molecule has 0 spiro atoms. The molecular weight excluding hydrogens is 314 g/mol. The summed E-state index contributed by atoms with van der Waals surface area (Å²) in [7, 11) is 0. The Hall–Kier alpha value is -1.28. The smallest absolute Gasteiger partial charge is 0.303 e. The maximum Gasteiger partial charge on any atom is 0.303 e. The van der Waals surface area contributed by atoms with Gasteiger partial charge in [0, 0.05) is 17.2 Å². The van der Waals surface area contributed by atoms with Crippen LogP contribution in [0.2, 0.25) is 5.02 Å². The van der Waals surface area contributed by atoms with Gasteiger partial charge in [-0.25, -0.2) is 10.9 Å². The summed E-state index contributed by atoms with van der Waals surface area (Å²) < 4.78 is 0. The van der Waals surface area contributed by atoms with E-state index in [4.69, 9.17) is 16.7 Å². The van der Waals surface area contributed by atoms with E-state index in [0.717, 1.165) is 11.3 Å². The molecule has 1 heterocycles. The van der Waals surface area contributed by atoms with Crippen molar-refractivity contribution in [3.8, 4) is 0 Å². The van der Waals surface area contributed by atoms with Gasteiger partial charge in [0.2, 0.25) is 5.91 Å². The normalized spacial score (nSPS) is 21.9. The zero-order valence-corrected chi connectivity index (χ0v) is 12.7. The molecule has 4 N–H and O–H groups in total. The third-order valence-electron chi connectivity index (χ3n) is 2.96. The molecule has 114 valence electrons. The number of amides is 1. The maximum absolute atomic E-state index is 11.8. The Morgan fingerprint density at radius 1 is 1.29 bits per heavy atom. The van der Waals surface area contributed by atoms with Crippen molar-refractivity contribution in [1.29, 1.82) is 0 Å². The molecule has 1 aliphatic heterocycles. The Morgan fingerprint density at radius 3 is 2.62 bits per heavy atom. The Balaban J connectivity index is 1.76. The van der Waals surface area contributed by atoms with Gasteiger partial charge >= 0.3 is 5.97 Å². The number of carboxylic acids is 1. The minimum absolute atomic E-state index is 0.0463. The van der Waals surface area contributed by atoms with Crippen LogP contribution in [0.4, 0.5) is 0 Å². The van der Waals surface area contributed by atoms with Gasteiger partial charge in [-0.05, 0) is 24.1 Å². The van der Waals surface area contributed by atoms with Crippen LogP contribution in [0.5, 0.6) is 0 Å². The predicted octanol–water partition coefficient (Wildman–Crippen LogP) is 1.31. The minimum Gasteiger partial charge on any atom is -0.481 e. The van der Waals surface area contributed by atoms with Crippen LogP contribution in [0.15, 0.2) is 24.3 Å². The van der Waals surface area contributed by atoms with Gasteiger partial charge in [0.25, 0.3) is 0 Å². The Morgan fingerprint density at radius 2 is 2.00 bits per heavy atom. The van der Waals surface area contributed by atoms with Crippen LogP contribution in [0.25, 0.3) is 0 Å². The SMILES string of the molecule is O=C(O)CCC1NNC(SCc2ccc(Cl)cc2)NC1=O. The second-order valence-corrected chi connectivity index (χ2v) is 6.13. The van der Waals surface area contributed by atoms with Crippen LogP contribution in [0, 0.1) is 0 Å². The van der Waals surface area contributed by atoms with Gasteiger partial charge in [-0.1, -0.05) is 23.7 Å². The molecule has 2 atom stereocenters. The highest BCUT2D eigenvalue weighted by Gasteiger charge is 2.27. The summed E-state index contributed by atoms with van der Waals surface area (Å²) in [4.78, 5) is 22.3. The molecule has 1 fully saturated rings. The molecule has 0 saturated carbocycles. The number of hydrogen-bond acceptors (Lipinski definition) is 5. The lowest BCUT2D eigenvalue weighted by atomic mass is 10.1. The summed E-state index contributed by atoms with van der Waals surface area (Å²) in [6, 6.07) is 7.00. The third-order valence-corrected chi connectivity index (χ3v) is 4.28. The van der Waals surface area contributed by atoms with Gasteiger partial charge in [-0.2, -0.15) is 0 Å². The van der Waals surface area contributed by atoms with E-state index in [0.29, 0.717) is 5.02 Å². The number of thioether (sulfide) groups is 1. The van der Waals surface area contributed by atoms with Crippen LogP contribution in [-0.2, 0) is 15.3 Å². The number of carboxylic acid groups (broad SMARTS) is 1. The first kappa shape index (κ1) is 16.1. The number of hydrogen-bond donors (Lipinski definition) is 4. The van der Waals surface area contributed by atoms with E-state index in [9.17, 15) is 9.59 Å². The lowest BCUT2D eigenvalue weighted by Crippen LogP contribution is -2.64. The summed E-state index contributed by atoms with van der Waals surface area (Å²) in [6.45, 7) is 0. The van der Waals surface area contributed by atoms with Crippen LogP contribution < -0.4 is 16.2 Å². The molecule has 1 aromatic carbocycles. The monoisotopic (exact) mass is 329 g/mol. The van der Waals surface area contributed by atoms with E-state index in [1.807, 2.05) is 24.3 Å². The Labute approximate surface area is 131 Å². The Kier molecular flexibility index (Phi) is 5.86. The lowest BCUT2D eigenvalue weighted by Gasteiger charge is -2.30. The van der Waals surface area contributed by atoms with Crippen molar-refractivity contribution in [2.24, 2.45) is 0 Å². The first-order valence-corrected chi connectivity index (χ1v) is 7.86. The average molecular weight is 330 g/mol. The van der Waals surface area contributed by atoms with Crippen LogP contribution >= 0.6 is 23.4 Å². The minimum atomic E-state index is -0.913. The zero-order valence-electron chi connectivity index (χ0n) is 11.1. The quantitative estimate of drug-likeness (QED) is 0.629. The van der Waals surface area contributed by atoms with Crippen molar-refractivity contribution in [3.05, 3.63) is 34.9 Å². The number of aliphatic carboxylic acids is 1. The molecule has 1 aromatic rings. The molecule has 1 amide bonds. The molecule has 0 aromatic heterocycles. The highest BCUT2D eigenvalue weighted by atomic mass is 35.5. The van der Waals surface area contributed by atoms with E-state index in [1.54, 1.807) is 0 Å². The first-order valence-electron chi connectivity index (χ1n) is 6.44. The molecule has 0 radical (unpaired) electrons. The van der Waals surface area contributed by atoms with Crippen molar-refractivity contribution in [2.45, 2.75) is 30.1 Å². The van der Waals surface area contributed by atoms with Gasteiger partial charge in [0.05, 0.1) is 0 Å². The summed E-state index contributed by atoms with van der Waals surface area (Å²) in [5.41, 5.74) is 6.67. The summed E-state index contributed by atoms with van der Waals surface area (Å²) in [5.74, 6) is -0.385. The number of nitrogens with one attached hydrogen (secondary N) is 3. The highest BCUT2D eigenvalue weighted by molar-refractivity contribution is 7.99. The first-order chi connectivity index (χ1) is 10.0. The second-order valence-electron chi connectivity index (χ2n) is 4.60. The third kappa shape index (κ3) is 5.20. The van der Waals surface area contributed by atoms with Gasteiger partial charge in [-0.3, -0.25) is 9.59 Å². The molecule has 0 bridgehead atoms. The van der Waals surface area contributed by atoms with Gasteiger partial charge in [0.15, 0.2) is 0 Å². The Bertz CT molecular complexity index is 512. The molecule has 2 rings (SSSR count). The van der Waals surface area contributed by atoms with E-state index in [2.05, 4.69) is 16.2 Å². The maximum atomic E-state index is 11.8. The van der Waals surface area contributed by atoms with Gasteiger partial charge in [0.1, 0.15) is 11.5 Å². The summed E-state index contributed by atoms with van der Waals surface area (Å²) in [5, 5.41) is 12.1. The predicted molar refractivity (Wildman–Crippen MR) is 81.6 cm³/mol. The standard InChI is InChI=1S/C13H16ClN3O3S/c14-9-3-1-8(2-4-9)7-21-13-15-12(20)10(16-17-13)5-6-11(18)19/h1-4,10,13,16-17H,5-7H2,(H,15,20)(H,18,19). The number of carbonyl (C=O) groups is 2. The number of benzene rings is 1. The molecular formula is C13H16ClN3O3S. The fourth-order valence-corrected chi connectivity index (χ4v) is 2.85. The topological polar surface area (TPSA) is 90.5 Å². The van der Waals surface area contributed by atoms with Crippen molar-refractivity contribution < 1.29 is 14.7 Å². The molecule has 6 nitrogen and oxygen atoms in total. The highest BCUT2D eigenvalue weighted by Crippen LogP contribution is 2.18. The summed E-state index contributed by atoms with van der Waals surface area (Å²) >= 11 is 7.34. The summed E-state index contributed by atoms with van der Waals surface area (Å²) in [6.07, 6.45) is 0.206. The van der Waals surface area contributed by atoms with E-state index < -0.39 is 12.0 Å². The number of halogens is 1. The van der Waals surface area contributed by atoms with E-state index in [1.165, 1.54) is 11.8 Å². The van der Waals surface area contributed by atoms with Gasteiger partial charge < -0.3 is 10.4 Å². The largest absolute Gasteiger partial charge is 0.481 e. The van der Waals surface area contributed by atoms with Crippen molar-refractivity contribution in [3.63, 3.8) is 0 Å². The van der Waals surface area contributed by atoms with Crippen molar-refractivity contribution in [1.82, 2.24) is 16.2 Å². The van der Waals surface area contributed by atoms with Crippen LogP contribution in [0.1, 0.15) is 18.4 Å². The molecule has 2 unspecified atom stereocenters. The fraction of sp³-hybridized carbons (Fsp3) is 0.385. The molecule has 8 heteroatoms. The zero-order chi connectivity index (χ0) is 15.2. The lowest BCUT2D eigenvalue weighted by molar-refractivity contribution is -0.137. The molecule has 1 aliphatic rings. The number of carbonyl (C=O) groups excluding carboxylic acids is 1. The van der Waals surface area contributed by atoms with Gasteiger partial charge in [-0.15, -0.1) is 11.8 Å². The molecule has 0 aliphatic carbocycles. The van der Waals surface area contributed by atoms with E-state index in [-0.39, 0.29) is 24.2 Å². The van der Waals surface area contributed by atoms with E-state index >= 15 is 0 Å². The average Bonchev–Trinajstić information content (AvgIpc) is 2.45. The second kappa shape index (κ2) is 7.65. The number of hydrazine groups is 1. The molecule has 1 saturated heterocycles.